The number of aliphatic hydroxyl groups excluding tert-OH is 2. The van der Waals surface area contributed by atoms with Gasteiger partial charge in [-0.05, 0) is 25.2 Å². The molecule has 2 heteroatoms. The summed E-state index contributed by atoms with van der Waals surface area (Å²) in [7, 11) is 0. The van der Waals surface area contributed by atoms with Crippen molar-refractivity contribution in [2.75, 3.05) is 0 Å². The number of rotatable bonds is 0. The SMILES string of the molecule is CC1CCC(O)CC1O. The summed E-state index contributed by atoms with van der Waals surface area (Å²) >= 11 is 0. The van der Waals surface area contributed by atoms with Gasteiger partial charge < -0.3 is 10.2 Å². The highest BCUT2D eigenvalue weighted by atomic mass is 16.3. The molecule has 0 aromatic rings. The molecule has 9 heavy (non-hydrogen) atoms. The van der Waals surface area contributed by atoms with E-state index in [0.717, 1.165) is 12.8 Å². The summed E-state index contributed by atoms with van der Waals surface area (Å²) in [5, 5.41) is 18.2. The molecule has 0 heterocycles. The van der Waals surface area contributed by atoms with E-state index in [-0.39, 0.29) is 12.2 Å². The Kier molecular flexibility index (Phi) is 2.09. The Morgan fingerprint density at radius 2 is 1.89 bits per heavy atom. The van der Waals surface area contributed by atoms with Crippen molar-refractivity contribution < 1.29 is 10.2 Å². The van der Waals surface area contributed by atoms with Crippen LogP contribution in [0.3, 0.4) is 0 Å². The molecule has 2 nitrogen and oxygen atoms in total. The molecule has 0 aromatic heterocycles. The van der Waals surface area contributed by atoms with E-state index in [0.29, 0.717) is 12.3 Å². The highest BCUT2D eigenvalue weighted by Crippen LogP contribution is 2.23. The maximum absolute atomic E-state index is 9.19. The minimum absolute atomic E-state index is 0.254. The molecule has 0 spiro atoms. The minimum Gasteiger partial charge on any atom is -0.393 e. The van der Waals surface area contributed by atoms with Crippen LogP contribution in [0.2, 0.25) is 0 Å². The number of hydrogen-bond donors (Lipinski definition) is 2. The topological polar surface area (TPSA) is 40.5 Å². The fourth-order valence-corrected chi connectivity index (χ4v) is 1.28. The van der Waals surface area contributed by atoms with Crippen LogP contribution in [-0.4, -0.2) is 22.4 Å². The van der Waals surface area contributed by atoms with E-state index < -0.39 is 0 Å². The normalized spacial score (nSPS) is 45.0. The van der Waals surface area contributed by atoms with E-state index in [1.54, 1.807) is 0 Å². The van der Waals surface area contributed by atoms with E-state index in [9.17, 15) is 5.11 Å². The van der Waals surface area contributed by atoms with Crippen LogP contribution < -0.4 is 0 Å². The summed E-state index contributed by atoms with van der Waals surface area (Å²) in [5.74, 6) is 0.383. The third-order valence-corrected chi connectivity index (χ3v) is 2.13. The zero-order chi connectivity index (χ0) is 6.85. The van der Waals surface area contributed by atoms with Gasteiger partial charge in [0.25, 0.3) is 0 Å². The standard InChI is InChI=1S/C7H14O2/c1-5-2-3-6(8)4-7(5)9/h5-9H,2-4H2,1H3. The van der Waals surface area contributed by atoms with Crippen molar-refractivity contribution in [3.63, 3.8) is 0 Å². The van der Waals surface area contributed by atoms with Gasteiger partial charge in [-0.3, -0.25) is 0 Å². The highest BCUT2D eigenvalue weighted by Gasteiger charge is 2.23. The van der Waals surface area contributed by atoms with Crippen molar-refractivity contribution in [1.29, 1.82) is 0 Å². The summed E-state index contributed by atoms with van der Waals surface area (Å²) in [5.41, 5.74) is 0. The van der Waals surface area contributed by atoms with Gasteiger partial charge >= 0.3 is 0 Å². The Bertz CT molecular complexity index is 92.9. The fraction of sp³-hybridized carbons (Fsp3) is 1.00. The molecule has 3 unspecified atom stereocenters. The van der Waals surface area contributed by atoms with E-state index in [4.69, 9.17) is 5.11 Å². The molecule has 2 N–H and O–H groups in total. The average Bonchev–Trinajstić information content (AvgIpc) is 1.80. The van der Waals surface area contributed by atoms with Crippen molar-refractivity contribution in [3.8, 4) is 0 Å². The molecule has 0 amide bonds. The molecular weight excluding hydrogens is 116 g/mol. The lowest BCUT2D eigenvalue weighted by Crippen LogP contribution is -2.29. The van der Waals surface area contributed by atoms with Gasteiger partial charge in [-0.25, -0.2) is 0 Å². The minimum atomic E-state index is -0.270. The maximum atomic E-state index is 9.19. The Hall–Kier alpha value is -0.0800. The van der Waals surface area contributed by atoms with E-state index >= 15 is 0 Å². The molecule has 1 fully saturated rings. The molecule has 1 saturated carbocycles. The molecule has 0 saturated heterocycles. The van der Waals surface area contributed by atoms with Gasteiger partial charge in [0.1, 0.15) is 0 Å². The summed E-state index contributed by atoms with van der Waals surface area (Å²) < 4.78 is 0. The molecule has 0 aromatic carbocycles. The van der Waals surface area contributed by atoms with E-state index in [1.165, 1.54) is 0 Å². The lowest BCUT2D eigenvalue weighted by molar-refractivity contribution is 0.00730. The van der Waals surface area contributed by atoms with Gasteiger partial charge in [0.15, 0.2) is 0 Å². The molecule has 1 aliphatic carbocycles. The summed E-state index contributed by atoms with van der Waals surface area (Å²) in [6, 6.07) is 0. The van der Waals surface area contributed by atoms with Gasteiger partial charge in [-0.15, -0.1) is 0 Å². The quantitative estimate of drug-likeness (QED) is 0.502. The van der Waals surface area contributed by atoms with Crippen LogP contribution in [0, 0.1) is 5.92 Å². The smallest absolute Gasteiger partial charge is 0.0590 e. The first kappa shape index (κ1) is 7.03. The molecule has 0 radical (unpaired) electrons. The van der Waals surface area contributed by atoms with Gasteiger partial charge in [0.05, 0.1) is 12.2 Å². The van der Waals surface area contributed by atoms with Gasteiger partial charge in [-0.2, -0.15) is 0 Å². The largest absolute Gasteiger partial charge is 0.393 e. The number of aliphatic hydroxyl groups is 2. The van der Waals surface area contributed by atoms with Crippen molar-refractivity contribution in [2.45, 2.75) is 38.4 Å². The predicted octanol–water partition coefficient (Wildman–Crippen LogP) is 0.528. The number of hydrogen-bond acceptors (Lipinski definition) is 2. The van der Waals surface area contributed by atoms with Gasteiger partial charge in [0, 0.05) is 0 Å². The van der Waals surface area contributed by atoms with Crippen LogP contribution in [0.15, 0.2) is 0 Å². The van der Waals surface area contributed by atoms with Crippen LogP contribution in [0.4, 0.5) is 0 Å². The van der Waals surface area contributed by atoms with E-state index in [2.05, 4.69) is 0 Å². The second-order valence-corrected chi connectivity index (χ2v) is 3.01. The molecule has 54 valence electrons. The zero-order valence-corrected chi connectivity index (χ0v) is 5.75. The predicted molar refractivity (Wildman–Crippen MR) is 35.0 cm³/mol. The first-order valence-corrected chi connectivity index (χ1v) is 3.56. The molecule has 1 aliphatic rings. The van der Waals surface area contributed by atoms with Crippen LogP contribution in [0.1, 0.15) is 26.2 Å². The summed E-state index contributed by atoms with van der Waals surface area (Å²) in [6.07, 6.45) is 1.87. The van der Waals surface area contributed by atoms with Crippen molar-refractivity contribution in [2.24, 2.45) is 5.92 Å². The van der Waals surface area contributed by atoms with Gasteiger partial charge in [0.2, 0.25) is 0 Å². The molecule has 1 rings (SSSR count). The second-order valence-electron chi connectivity index (χ2n) is 3.01. The Balaban J connectivity index is 2.35. The Labute approximate surface area is 55.5 Å². The fourth-order valence-electron chi connectivity index (χ4n) is 1.28. The average molecular weight is 130 g/mol. The second kappa shape index (κ2) is 2.67. The van der Waals surface area contributed by atoms with Gasteiger partial charge in [-0.1, -0.05) is 6.92 Å². The van der Waals surface area contributed by atoms with Crippen molar-refractivity contribution >= 4 is 0 Å². The van der Waals surface area contributed by atoms with Crippen LogP contribution in [0.25, 0.3) is 0 Å². The molecule has 0 bridgehead atoms. The first-order chi connectivity index (χ1) is 4.20. The Morgan fingerprint density at radius 1 is 1.22 bits per heavy atom. The highest BCUT2D eigenvalue weighted by molar-refractivity contribution is 4.75. The Morgan fingerprint density at radius 3 is 2.33 bits per heavy atom. The monoisotopic (exact) mass is 130 g/mol. The summed E-state index contributed by atoms with van der Waals surface area (Å²) in [6.45, 7) is 2.02. The third kappa shape index (κ3) is 1.66. The molecular formula is C7H14O2. The third-order valence-electron chi connectivity index (χ3n) is 2.13. The van der Waals surface area contributed by atoms with Crippen molar-refractivity contribution in [3.05, 3.63) is 0 Å². The molecule has 0 aliphatic heterocycles. The van der Waals surface area contributed by atoms with Crippen LogP contribution in [-0.2, 0) is 0 Å². The lowest BCUT2D eigenvalue weighted by Gasteiger charge is -2.27. The molecule has 3 atom stereocenters. The van der Waals surface area contributed by atoms with Crippen LogP contribution in [0.5, 0.6) is 0 Å². The van der Waals surface area contributed by atoms with Crippen LogP contribution >= 0.6 is 0 Å². The van der Waals surface area contributed by atoms with E-state index in [1.807, 2.05) is 6.92 Å². The first-order valence-electron chi connectivity index (χ1n) is 3.56. The summed E-state index contributed by atoms with van der Waals surface area (Å²) in [4.78, 5) is 0. The maximum Gasteiger partial charge on any atom is 0.0590 e. The van der Waals surface area contributed by atoms with Crippen molar-refractivity contribution in [1.82, 2.24) is 0 Å². The zero-order valence-electron chi connectivity index (χ0n) is 5.75. The lowest BCUT2D eigenvalue weighted by atomic mass is 9.86.